The monoisotopic (exact) mass is 309 g/mol. The number of para-hydroxylation sites is 4. The van der Waals surface area contributed by atoms with E-state index in [-0.39, 0.29) is 0 Å². The molecule has 3 N–H and O–H groups in total. The molecule has 2 aromatic carbocycles. The molecule has 0 aliphatic heterocycles. The van der Waals surface area contributed by atoms with Crippen LogP contribution < -0.4 is 15.8 Å². The number of methoxy groups -OCH3 is 1. The summed E-state index contributed by atoms with van der Waals surface area (Å²) < 4.78 is 7.30. The number of benzene rings is 2. The number of aliphatic imine (C=N–C) groups is 1. The van der Waals surface area contributed by atoms with Crippen LogP contribution in [0.5, 0.6) is 5.75 Å². The Morgan fingerprint density at radius 3 is 2.74 bits per heavy atom. The number of imidazole rings is 1. The van der Waals surface area contributed by atoms with Gasteiger partial charge in [-0.2, -0.15) is 0 Å². The van der Waals surface area contributed by atoms with E-state index in [4.69, 9.17) is 10.5 Å². The highest BCUT2D eigenvalue weighted by atomic mass is 16.5. The lowest BCUT2D eigenvalue weighted by molar-refractivity contribution is 0.417. The number of fused-ring (bicyclic) bond motifs is 1. The van der Waals surface area contributed by atoms with Crippen LogP contribution in [-0.4, -0.2) is 22.6 Å². The van der Waals surface area contributed by atoms with Gasteiger partial charge < -0.3 is 20.4 Å². The van der Waals surface area contributed by atoms with Gasteiger partial charge in [0.15, 0.2) is 5.96 Å². The summed E-state index contributed by atoms with van der Waals surface area (Å²) in [6, 6.07) is 15.5. The van der Waals surface area contributed by atoms with Crippen LogP contribution in [0.4, 0.5) is 5.69 Å². The van der Waals surface area contributed by atoms with Gasteiger partial charge in [0.2, 0.25) is 0 Å². The second-order valence-electron chi connectivity index (χ2n) is 5.10. The number of guanidine groups is 1. The first-order chi connectivity index (χ1) is 11.2. The van der Waals surface area contributed by atoms with Gasteiger partial charge in [-0.25, -0.2) is 9.98 Å². The van der Waals surface area contributed by atoms with Crippen LogP contribution in [0.1, 0.15) is 5.82 Å². The van der Waals surface area contributed by atoms with Crippen LogP contribution in [0.3, 0.4) is 0 Å². The minimum Gasteiger partial charge on any atom is -0.495 e. The molecule has 6 heteroatoms. The minimum atomic E-state index is 0.321. The molecule has 1 aromatic heterocycles. The summed E-state index contributed by atoms with van der Waals surface area (Å²) in [5.74, 6) is 1.89. The van der Waals surface area contributed by atoms with Gasteiger partial charge in [-0.1, -0.05) is 24.3 Å². The topological polar surface area (TPSA) is 77.5 Å². The summed E-state index contributed by atoms with van der Waals surface area (Å²) >= 11 is 0. The Kier molecular flexibility index (Phi) is 4.14. The lowest BCUT2D eigenvalue weighted by atomic mass is 10.3. The first-order valence-corrected chi connectivity index (χ1v) is 7.29. The van der Waals surface area contributed by atoms with Crippen molar-refractivity contribution in [1.29, 1.82) is 0 Å². The average Bonchev–Trinajstić information content (AvgIpc) is 2.90. The van der Waals surface area contributed by atoms with Crippen LogP contribution in [-0.2, 0) is 13.6 Å². The van der Waals surface area contributed by atoms with Crippen molar-refractivity contribution >= 4 is 22.7 Å². The van der Waals surface area contributed by atoms with Gasteiger partial charge in [-0.3, -0.25) is 0 Å². The van der Waals surface area contributed by atoms with E-state index in [1.54, 1.807) is 7.11 Å². The molecule has 0 radical (unpaired) electrons. The molecule has 0 bridgehead atoms. The van der Waals surface area contributed by atoms with Crippen molar-refractivity contribution in [2.45, 2.75) is 6.54 Å². The maximum atomic E-state index is 5.97. The molecule has 0 saturated carbocycles. The molecule has 0 spiro atoms. The molecule has 3 aromatic rings. The number of aryl methyl sites for hydroxylation is 1. The fourth-order valence-corrected chi connectivity index (χ4v) is 2.42. The van der Waals surface area contributed by atoms with Gasteiger partial charge >= 0.3 is 0 Å². The number of anilines is 1. The number of nitrogens with zero attached hydrogens (tertiary/aromatic N) is 3. The van der Waals surface area contributed by atoms with E-state index >= 15 is 0 Å². The zero-order chi connectivity index (χ0) is 16.2. The summed E-state index contributed by atoms with van der Waals surface area (Å²) in [5, 5.41) is 3.05. The number of ether oxygens (including phenoxy) is 1. The highest BCUT2D eigenvalue weighted by molar-refractivity contribution is 5.93. The molecule has 0 fully saturated rings. The van der Waals surface area contributed by atoms with Crippen molar-refractivity contribution in [1.82, 2.24) is 9.55 Å². The van der Waals surface area contributed by atoms with Crippen LogP contribution in [0.2, 0.25) is 0 Å². The predicted molar refractivity (Wildman–Crippen MR) is 92.7 cm³/mol. The standard InChI is InChI=1S/C17H19N5O/c1-22-14-9-5-3-7-12(14)20-16(22)11-19-17(18)21-13-8-4-6-10-15(13)23-2/h3-10H,11H2,1-2H3,(H3,18,19,21). The Labute approximate surface area is 134 Å². The molecule has 3 rings (SSSR count). The molecule has 1 heterocycles. The Morgan fingerprint density at radius 1 is 1.22 bits per heavy atom. The van der Waals surface area contributed by atoms with E-state index in [1.807, 2.05) is 60.1 Å². The molecule has 118 valence electrons. The van der Waals surface area contributed by atoms with E-state index < -0.39 is 0 Å². The summed E-state index contributed by atoms with van der Waals surface area (Å²) in [6.45, 7) is 0.402. The van der Waals surface area contributed by atoms with Crippen LogP contribution >= 0.6 is 0 Å². The van der Waals surface area contributed by atoms with Gasteiger partial charge in [0.05, 0.1) is 23.8 Å². The summed E-state index contributed by atoms with van der Waals surface area (Å²) in [6.07, 6.45) is 0. The van der Waals surface area contributed by atoms with E-state index in [0.29, 0.717) is 18.3 Å². The first-order valence-electron chi connectivity index (χ1n) is 7.29. The molecular weight excluding hydrogens is 290 g/mol. The maximum Gasteiger partial charge on any atom is 0.193 e. The fourth-order valence-electron chi connectivity index (χ4n) is 2.42. The summed E-state index contributed by atoms with van der Waals surface area (Å²) in [5.41, 5.74) is 8.78. The van der Waals surface area contributed by atoms with E-state index in [2.05, 4.69) is 15.3 Å². The van der Waals surface area contributed by atoms with Crippen molar-refractivity contribution in [3.8, 4) is 5.75 Å². The maximum absolute atomic E-state index is 5.97. The van der Waals surface area contributed by atoms with Crippen molar-refractivity contribution in [2.75, 3.05) is 12.4 Å². The Morgan fingerprint density at radius 2 is 1.96 bits per heavy atom. The second kappa shape index (κ2) is 6.39. The molecule has 0 aliphatic rings. The largest absolute Gasteiger partial charge is 0.495 e. The van der Waals surface area contributed by atoms with Crippen LogP contribution in [0.25, 0.3) is 11.0 Å². The highest BCUT2D eigenvalue weighted by Gasteiger charge is 2.07. The molecule has 0 saturated heterocycles. The average molecular weight is 309 g/mol. The van der Waals surface area contributed by atoms with Crippen molar-refractivity contribution < 1.29 is 4.74 Å². The van der Waals surface area contributed by atoms with Crippen LogP contribution in [0.15, 0.2) is 53.5 Å². The summed E-state index contributed by atoms with van der Waals surface area (Å²) in [4.78, 5) is 8.94. The number of hydrogen-bond donors (Lipinski definition) is 2. The highest BCUT2D eigenvalue weighted by Crippen LogP contribution is 2.22. The Bertz CT molecular complexity index is 853. The Hall–Kier alpha value is -3.02. The lowest BCUT2D eigenvalue weighted by Crippen LogP contribution is -2.23. The predicted octanol–water partition coefficient (Wildman–Crippen LogP) is 2.51. The van der Waals surface area contributed by atoms with Gasteiger partial charge in [0.1, 0.15) is 18.1 Å². The third kappa shape index (κ3) is 3.11. The molecular formula is C17H19N5O. The molecule has 0 aliphatic carbocycles. The van der Waals surface area contributed by atoms with Crippen LogP contribution in [0, 0.1) is 0 Å². The number of rotatable bonds is 4. The smallest absolute Gasteiger partial charge is 0.193 e. The number of aromatic nitrogens is 2. The fraction of sp³-hybridized carbons (Fsp3) is 0.176. The molecule has 0 unspecified atom stereocenters. The quantitative estimate of drug-likeness (QED) is 0.573. The van der Waals surface area contributed by atoms with E-state index in [0.717, 1.165) is 22.5 Å². The molecule has 6 nitrogen and oxygen atoms in total. The zero-order valence-corrected chi connectivity index (χ0v) is 13.2. The minimum absolute atomic E-state index is 0.321. The SMILES string of the molecule is COc1ccccc1NC(N)=NCc1nc2ccccc2n1C. The zero-order valence-electron chi connectivity index (χ0n) is 13.2. The van der Waals surface area contributed by atoms with E-state index in [9.17, 15) is 0 Å². The van der Waals surface area contributed by atoms with E-state index in [1.165, 1.54) is 0 Å². The molecule has 0 amide bonds. The number of nitrogens with two attached hydrogens (primary N) is 1. The second-order valence-corrected chi connectivity index (χ2v) is 5.10. The number of nitrogens with one attached hydrogen (secondary N) is 1. The van der Waals surface area contributed by atoms with Gasteiger partial charge in [-0.05, 0) is 24.3 Å². The number of hydrogen-bond acceptors (Lipinski definition) is 3. The third-order valence-corrected chi connectivity index (χ3v) is 3.64. The van der Waals surface area contributed by atoms with Crippen molar-refractivity contribution in [3.63, 3.8) is 0 Å². The van der Waals surface area contributed by atoms with Gasteiger partial charge in [0, 0.05) is 7.05 Å². The van der Waals surface area contributed by atoms with Gasteiger partial charge in [-0.15, -0.1) is 0 Å². The van der Waals surface area contributed by atoms with Gasteiger partial charge in [0.25, 0.3) is 0 Å². The van der Waals surface area contributed by atoms with Crippen molar-refractivity contribution in [3.05, 3.63) is 54.4 Å². The third-order valence-electron chi connectivity index (χ3n) is 3.64. The molecule has 0 atom stereocenters. The first kappa shape index (κ1) is 14.9. The van der Waals surface area contributed by atoms with Crippen molar-refractivity contribution in [2.24, 2.45) is 17.8 Å². The molecule has 23 heavy (non-hydrogen) atoms. The Balaban J connectivity index is 1.77. The normalized spacial score (nSPS) is 11.7. The lowest BCUT2D eigenvalue weighted by Gasteiger charge is -2.10. The summed E-state index contributed by atoms with van der Waals surface area (Å²) in [7, 11) is 3.59.